The average Bonchev–Trinajstić information content (AvgIpc) is 3.16. The second-order valence-corrected chi connectivity index (χ2v) is 10.2. The normalized spacial score (nSPS) is 24.0. The van der Waals surface area contributed by atoms with E-state index in [1.54, 1.807) is 11.8 Å². The molecule has 1 unspecified atom stereocenters. The molecule has 2 aliphatic carbocycles. The number of alkyl halides is 3. The van der Waals surface area contributed by atoms with Crippen LogP contribution in [0.1, 0.15) is 76.2 Å². The van der Waals surface area contributed by atoms with Crippen molar-refractivity contribution < 1.29 is 18.0 Å². The fourth-order valence-electron chi connectivity index (χ4n) is 5.09. The van der Waals surface area contributed by atoms with Crippen molar-refractivity contribution in [3.8, 4) is 0 Å². The van der Waals surface area contributed by atoms with Crippen molar-refractivity contribution in [3.05, 3.63) is 29.8 Å². The molecule has 0 spiro atoms. The Morgan fingerprint density at radius 3 is 2.21 bits per heavy atom. The van der Waals surface area contributed by atoms with Crippen LogP contribution in [-0.2, 0) is 11.0 Å². The number of carbonyl (C=O) groups excluding carboxylic acids is 1. The molecule has 0 radical (unpaired) electrons. The Kier molecular flexibility index (Phi) is 9.39. The molecule has 1 amide bonds. The van der Waals surface area contributed by atoms with E-state index in [-0.39, 0.29) is 24.4 Å². The molecule has 1 saturated heterocycles. The van der Waals surface area contributed by atoms with Gasteiger partial charge in [0, 0.05) is 29.9 Å². The number of amidine groups is 1. The third-order valence-electron chi connectivity index (χ3n) is 6.77. The zero-order valence-corrected chi connectivity index (χ0v) is 20.4. The number of aliphatic imine (C=N–C) groups is 1. The highest BCUT2D eigenvalue weighted by molar-refractivity contribution is 8.14. The number of nitrogens with one attached hydrogen (secondary N) is 1. The molecular formula is C24H33ClF3N3OS. The van der Waals surface area contributed by atoms with E-state index in [2.05, 4.69) is 10.2 Å². The molecule has 0 aromatic heterocycles. The number of anilines is 1. The van der Waals surface area contributed by atoms with E-state index in [1.165, 1.54) is 50.7 Å². The van der Waals surface area contributed by atoms with Crippen molar-refractivity contribution in [1.82, 2.24) is 4.90 Å². The van der Waals surface area contributed by atoms with Gasteiger partial charge in [-0.15, -0.1) is 12.4 Å². The lowest BCUT2D eigenvalue weighted by Gasteiger charge is -2.37. The zero-order chi connectivity index (χ0) is 22.6. The van der Waals surface area contributed by atoms with E-state index >= 15 is 0 Å². The van der Waals surface area contributed by atoms with E-state index in [9.17, 15) is 18.0 Å². The first-order valence-electron chi connectivity index (χ1n) is 11.9. The van der Waals surface area contributed by atoms with Crippen LogP contribution in [-0.4, -0.2) is 39.9 Å². The molecule has 1 N–H and O–H groups in total. The van der Waals surface area contributed by atoms with Crippen LogP contribution in [0.4, 0.5) is 18.9 Å². The summed E-state index contributed by atoms with van der Waals surface area (Å²) in [7, 11) is 0. The first kappa shape index (κ1) is 26.2. The largest absolute Gasteiger partial charge is 0.416 e. The van der Waals surface area contributed by atoms with Crippen LogP contribution < -0.4 is 5.32 Å². The van der Waals surface area contributed by atoms with Gasteiger partial charge in [0.15, 0.2) is 5.17 Å². The van der Waals surface area contributed by atoms with E-state index in [4.69, 9.17) is 4.99 Å². The van der Waals surface area contributed by atoms with Crippen LogP contribution in [0.15, 0.2) is 29.3 Å². The number of carbonyl (C=O) groups is 1. The van der Waals surface area contributed by atoms with E-state index < -0.39 is 11.7 Å². The highest BCUT2D eigenvalue weighted by atomic mass is 35.5. The summed E-state index contributed by atoms with van der Waals surface area (Å²) in [6.07, 6.45) is 8.03. The van der Waals surface area contributed by atoms with Gasteiger partial charge < -0.3 is 10.2 Å². The molecule has 1 heterocycles. The maximum atomic E-state index is 12.8. The Morgan fingerprint density at radius 2 is 1.61 bits per heavy atom. The number of hydrogen-bond acceptors (Lipinski definition) is 3. The predicted molar refractivity (Wildman–Crippen MR) is 131 cm³/mol. The first-order chi connectivity index (χ1) is 15.4. The summed E-state index contributed by atoms with van der Waals surface area (Å²) in [4.78, 5) is 20.3. The zero-order valence-electron chi connectivity index (χ0n) is 18.8. The Morgan fingerprint density at radius 1 is 1.00 bits per heavy atom. The standard InChI is InChI=1S/C24H32F3N3OS.ClH/c25-24(26,27)17-11-13-19(14-12-17)28-22(31)15-21-16-32-23(29-18-7-3-1-4-8-18)30(21)20-9-5-2-6-10-20;/h11-14,18,20-21H,1-10,15-16H2,(H,28,31);1H. The summed E-state index contributed by atoms with van der Waals surface area (Å²) in [5, 5.41) is 3.89. The molecule has 1 aromatic carbocycles. The van der Waals surface area contributed by atoms with Crippen molar-refractivity contribution in [1.29, 1.82) is 0 Å². The molecule has 1 atom stereocenters. The Hall–Kier alpha value is -1.41. The minimum absolute atomic E-state index is 0. The van der Waals surface area contributed by atoms with Crippen LogP contribution in [0.3, 0.4) is 0 Å². The molecule has 1 aliphatic heterocycles. The van der Waals surface area contributed by atoms with E-state index in [0.29, 0.717) is 24.2 Å². The highest BCUT2D eigenvalue weighted by Gasteiger charge is 2.37. The molecule has 4 nitrogen and oxygen atoms in total. The average molecular weight is 504 g/mol. The SMILES string of the molecule is Cl.O=C(CC1CSC(=NC2CCCCC2)N1C1CCCCC1)Nc1ccc(C(F)(F)F)cc1. The number of thioether (sulfide) groups is 1. The second-order valence-electron chi connectivity index (χ2n) is 9.19. The lowest BCUT2D eigenvalue weighted by Crippen LogP contribution is -2.45. The molecule has 3 aliphatic rings. The molecule has 33 heavy (non-hydrogen) atoms. The topological polar surface area (TPSA) is 44.7 Å². The van der Waals surface area contributed by atoms with Gasteiger partial charge in [-0.1, -0.05) is 50.3 Å². The van der Waals surface area contributed by atoms with Crippen molar-refractivity contribution in [2.45, 2.75) is 94.9 Å². The lowest BCUT2D eigenvalue weighted by molar-refractivity contribution is -0.137. The number of nitrogens with zero attached hydrogens (tertiary/aromatic N) is 2. The minimum Gasteiger partial charge on any atom is -0.344 e. The first-order valence-corrected chi connectivity index (χ1v) is 12.8. The van der Waals surface area contributed by atoms with Gasteiger partial charge in [-0.2, -0.15) is 13.2 Å². The summed E-state index contributed by atoms with van der Waals surface area (Å²) < 4.78 is 38.3. The van der Waals surface area contributed by atoms with Crippen molar-refractivity contribution in [2.24, 2.45) is 4.99 Å². The quantitative estimate of drug-likeness (QED) is 0.475. The molecule has 0 bridgehead atoms. The number of amides is 1. The number of benzene rings is 1. The van der Waals surface area contributed by atoms with Gasteiger partial charge in [0.2, 0.25) is 5.91 Å². The van der Waals surface area contributed by atoms with Crippen molar-refractivity contribution in [3.63, 3.8) is 0 Å². The third kappa shape index (κ3) is 7.04. The van der Waals surface area contributed by atoms with Gasteiger partial charge in [-0.3, -0.25) is 9.79 Å². The summed E-state index contributed by atoms with van der Waals surface area (Å²) in [5.74, 6) is 0.678. The van der Waals surface area contributed by atoms with Crippen LogP contribution in [0.5, 0.6) is 0 Å². The third-order valence-corrected chi connectivity index (χ3v) is 7.90. The molecule has 4 rings (SSSR count). The number of halogens is 4. The molecule has 1 aromatic rings. The van der Waals surface area contributed by atoms with Crippen LogP contribution in [0, 0.1) is 0 Å². The maximum absolute atomic E-state index is 12.8. The van der Waals surface area contributed by atoms with Crippen LogP contribution in [0.2, 0.25) is 0 Å². The number of hydrogen-bond donors (Lipinski definition) is 1. The molecule has 2 saturated carbocycles. The summed E-state index contributed by atoms with van der Waals surface area (Å²) in [6.45, 7) is 0. The van der Waals surface area contributed by atoms with Gasteiger partial charge in [0.1, 0.15) is 0 Å². The highest BCUT2D eigenvalue weighted by Crippen LogP contribution is 2.36. The Balaban J connectivity index is 0.00000306. The molecular weight excluding hydrogens is 471 g/mol. The van der Waals surface area contributed by atoms with Gasteiger partial charge in [0.05, 0.1) is 11.6 Å². The Labute approximate surface area is 204 Å². The maximum Gasteiger partial charge on any atom is 0.416 e. The van der Waals surface area contributed by atoms with Crippen molar-refractivity contribution >= 4 is 40.9 Å². The van der Waals surface area contributed by atoms with Crippen LogP contribution >= 0.6 is 24.2 Å². The fraction of sp³-hybridized carbons (Fsp3) is 0.667. The lowest BCUT2D eigenvalue weighted by atomic mass is 9.93. The smallest absolute Gasteiger partial charge is 0.344 e. The second kappa shape index (κ2) is 11.8. The predicted octanol–water partition coefficient (Wildman–Crippen LogP) is 6.89. The van der Waals surface area contributed by atoms with Gasteiger partial charge in [0.25, 0.3) is 0 Å². The minimum atomic E-state index is -4.38. The van der Waals surface area contributed by atoms with E-state index in [0.717, 1.165) is 48.7 Å². The van der Waals surface area contributed by atoms with Crippen molar-refractivity contribution in [2.75, 3.05) is 11.1 Å². The fourth-order valence-corrected chi connectivity index (χ4v) is 6.38. The summed E-state index contributed by atoms with van der Waals surface area (Å²) in [5.41, 5.74) is -0.316. The van der Waals surface area contributed by atoms with Gasteiger partial charge >= 0.3 is 6.18 Å². The van der Waals surface area contributed by atoms with Gasteiger partial charge in [-0.25, -0.2) is 0 Å². The van der Waals surface area contributed by atoms with Gasteiger partial charge in [-0.05, 0) is 49.9 Å². The molecule has 184 valence electrons. The number of rotatable bonds is 5. The van der Waals surface area contributed by atoms with Crippen LogP contribution in [0.25, 0.3) is 0 Å². The summed E-state index contributed by atoms with van der Waals surface area (Å²) >= 11 is 1.77. The molecule has 9 heteroatoms. The van der Waals surface area contributed by atoms with E-state index in [1.807, 2.05) is 0 Å². The summed E-state index contributed by atoms with van der Waals surface area (Å²) in [6, 6.07) is 5.56. The monoisotopic (exact) mass is 503 g/mol. The molecule has 3 fully saturated rings. The Bertz CT molecular complexity index is 806.